The van der Waals surface area contributed by atoms with Crippen LogP contribution in [0, 0.1) is 0 Å². The van der Waals surface area contributed by atoms with E-state index in [1.54, 1.807) is 0 Å². The predicted molar refractivity (Wildman–Crippen MR) is 115 cm³/mol. The van der Waals surface area contributed by atoms with Gasteiger partial charge in [0.1, 0.15) is 0 Å². The van der Waals surface area contributed by atoms with Crippen LogP contribution in [0.4, 0.5) is 13.2 Å². The Bertz CT molecular complexity index is 846. The van der Waals surface area contributed by atoms with Crippen molar-refractivity contribution < 1.29 is 18.0 Å². The standard InChI is InChI=1S/C22H24ClF3N2O.ClH/c1-2-28-14-7-6-13-18(28)20(15-9-4-3-5-10-15)27-21(29)16-11-8-12-17(19(16)23)22(24,25)26;/h3-5,8-12,18,20H,2,6-7,13-14H2,1H3,(H,27,29);1H. The second-order valence-corrected chi connectivity index (χ2v) is 7.60. The molecule has 8 heteroatoms. The largest absolute Gasteiger partial charge is 0.417 e. The summed E-state index contributed by atoms with van der Waals surface area (Å²) in [6.07, 6.45) is -1.57. The van der Waals surface area contributed by atoms with Crippen LogP contribution in [0.25, 0.3) is 0 Å². The second-order valence-electron chi connectivity index (χ2n) is 7.22. The highest BCUT2D eigenvalue weighted by Crippen LogP contribution is 2.36. The van der Waals surface area contributed by atoms with Crippen molar-refractivity contribution in [3.05, 3.63) is 70.2 Å². The molecular weight excluding hydrogens is 436 g/mol. The maximum atomic E-state index is 13.2. The Morgan fingerprint density at radius 2 is 1.87 bits per heavy atom. The van der Waals surface area contributed by atoms with Gasteiger partial charge in [-0.1, -0.05) is 61.3 Å². The topological polar surface area (TPSA) is 32.3 Å². The van der Waals surface area contributed by atoms with Crippen LogP contribution in [0.3, 0.4) is 0 Å². The average molecular weight is 461 g/mol. The maximum absolute atomic E-state index is 13.2. The molecule has 0 saturated carbocycles. The molecule has 0 radical (unpaired) electrons. The van der Waals surface area contributed by atoms with Crippen LogP contribution in [-0.2, 0) is 6.18 Å². The molecule has 30 heavy (non-hydrogen) atoms. The van der Waals surface area contributed by atoms with Crippen molar-refractivity contribution in [1.29, 1.82) is 0 Å². The fourth-order valence-electron chi connectivity index (χ4n) is 3.99. The smallest absolute Gasteiger partial charge is 0.344 e. The van der Waals surface area contributed by atoms with Gasteiger partial charge in [0, 0.05) is 6.04 Å². The lowest BCUT2D eigenvalue weighted by atomic mass is 9.90. The summed E-state index contributed by atoms with van der Waals surface area (Å²) in [7, 11) is 0. The van der Waals surface area contributed by atoms with Gasteiger partial charge in [-0.15, -0.1) is 12.4 Å². The summed E-state index contributed by atoms with van der Waals surface area (Å²) < 4.78 is 39.6. The predicted octanol–water partition coefficient (Wildman–Crippen LogP) is 6.13. The van der Waals surface area contributed by atoms with Gasteiger partial charge in [0.25, 0.3) is 5.91 Å². The molecule has 3 nitrogen and oxygen atoms in total. The number of carbonyl (C=O) groups excluding carboxylic acids is 1. The van der Waals surface area contributed by atoms with Crippen molar-refractivity contribution in [2.45, 2.75) is 44.4 Å². The van der Waals surface area contributed by atoms with Gasteiger partial charge in [0.05, 0.1) is 22.2 Å². The minimum absolute atomic E-state index is 0. The van der Waals surface area contributed by atoms with E-state index in [0.29, 0.717) is 0 Å². The normalized spacial score (nSPS) is 18.4. The molecule has 0 bridgehead atoms. The summed E-state index contributed by atoms with van der Waals surface area (Å²) in [6.45, 7) is 3.85. The molecule has 2 unspecified atom stereocenters. The van der Waals surface area contributed by atoms with Gasteiger partial charge in [0.2, 0.25) is 0 Å². The fraction of sp³-hybridized carbons (Fsp3) is 0.409. The summed E-state index contributed by atoms with van der Waals surface area (Å²) in [6, 6.07) is 12.7. The van der Waals surface area contributed by atoms with E-state index in [1.165, 1.54) is 12.1 Å². The van der Waals surface area contributed by atoms with Gasteiger partial charge < -0.3 is 5.32 Å². The number of nitrogens with zero attached hydrogens (tertiary/aromatic N) is 1. The Balaban J connectivity index is 0.00000320. The molecule has 1 amide bonds. The van der Waals surface area contributed by atoms with Crippen LogP contribution >= 0.6 is 24.0 Å². The Morgan fingerprint density at radius 3 is 2.50 bits per heavy atom. The second kappa shape index (κ2) is 10.5. The van der Waals surface area contributed by atoms with Crippen LogP contribution in [0.2, 0.25) is 5.02 Å². The molecule has 1 aliphatic rings. The fourth-order valence-corrected chi connectivity index (χ4v) is 4.31. The molecule has 164 valence electrons. The molecule has 0 spiro atoms. The molecule has 2 aromatic rings. The number of hydrogen-bond donors (Lipinski definition) is 1. The first kappa shape index (κ1) is 24.5. The number of carbonyl (C=O) groups is 1. The zero-order chi connectivity index (χ0) is 21.0. The van der Waals surface area contributed by atoms with E-state index in [2.05, 4.69) is 17.1 Å². The van der Waals surface area contributed by atoms with Gasteiger partial charge in [0.15, 0.2) is 0 Å². The minimum atomic E-state index is -4.62. The summed E-state index contributed by atoms with van der Waals surface area (Å²) in [5.41, 5.74) is -0.244. The molecule has 2 atom stereocenters. The molecule has 0 aliphatic carbocycles. The van der Waals surface area contributed by atoms with Crippen molar-refractivity contribution in [2.24, 2.45) is 0 Å². The van der Waals surface area contributed by atoms with Crippen LogP contribution in [0.1, 0.15) is 53.7 Å². The zero-order valence-corrected chi connectivity index (χ0v) is 18.2. The van der Waals surface area contributed by atoms with Crippen LogP contribution in [-0.4, -0.2) is 29.9 Å². The molecular formula is C22H25Cl2F3N2O. The number of alkyl halides is 3. The summed E-state index contributed by atoms with van der Waals surface area (Å²) in [5, 5.41) is 2.40. The summed E-state index contributed by atoms with van der Waals surface area (Å²) in [5.74, 6) is -0.600. The Labute approximate surface area is 186 Å². The third-order valence-corrected chi connectivity index (χ3v) is 5.86. The number of likely N-dealkylation sites (N-methyl/N-ethyl adjacent to an activating group) is 1. The van der Waals surface area contributed by atoms with Crippen molar-refractivity contribution in [3.63, 3.8) is 0 Å². The first-order valence-electron chi connectivity index (χ1n) is 9.78. The first-order chi connectivity index (χ1) is 13.8. The van der Waals surface area contributed by atoms with E-state index in [0.717, 1.165) is 44.0 Å². The van der Waals surface area contributed by atoms with Gasteiger partial charge in [-0.25, -0.2) is 0 Å². The van der Waals surface area contributed by atoms with E-state index in [1.807, 2.05) is 30.3 Å². The number of nitrogens with one attached hydrogen (secondary N) is 1. The monoisotopic (exact) mass is 460 g/mol. The molecule has 3 rings (SSSR count). The lowest BCUT2D eigenvalue weighted by molar-refractivity contribution is -0.137. The molecule has 0 aromatic heterocycles. The van der Waals surface area contributed by atoms with Crippen LogP contribution in [0.5, 0.6) is 0 Å². The van der Waals surface area contributed by atoms with Crippen LogP contribution in [0.15, 0.2) is 48.5 Å². The summed E-state index contributed by atoms with van der Waals surface area (Å²) >= 11 is 5.97. The third kappa shape index (κ3) is 5.48. The molecule has 1 fully saturated rings. The molecule has 1 N–H and O–H groups in total. The highest BCUT2D eigenvalue weighted by molar-refractivity contribution is 6.34. The average Bonchev–Trinajstić information content (AvgIpc) is 2.71. The summed E-state index contributed by atoms with van der Waals surface area (Å²) in [4.78, 5) is 15.3. The third-order valence-electron chi connectivity index (χ3n) is 5.45. The van der Waals surface area contributed by atoms with E-state index >= 15 is 0 Å². The zero-order valence-electron chi connectivity index (χ0n) is 16.6. The van der Waals surface area contributed by atoms with Crippen molar-refractivity contribution in [3.8, 4) is 0 Å². The van der Waals surface area contributed by atoms with Gasteiger partial charge in [-0.2, -0.15) is 13.2 Å². The number of halogens is 5. The highest BCUT2D eigenvalue weighted by atomic mass is 35.5. The Kier molecular flexibility index (Phi) is 8.59. The number of hydrogen-bond acceptors (Lipinski definition) is 2. The van der Waals surface area contributed by atoms with E-state index in [4.69, 9.17) is 11.6 Å². The van der Waals surface area contributed by atoms with E-state index in [-0.39, 0.29) is 30.1 Å². The number of piperidine rings is 1. The Hall–Kier alpha value is -1.76. The van der Waals surface area contributed by atoms with Crippen molar-refractivity contribution in [2.75, 3.05) is 13.1 Å². The van der Waals surface area contributed by atoms with E-state index in [9.17, 15) is 18.0 Å². The lowest BCUT2D eigenvalue weighted by Crippen LogP contribution is -2.48. The Morgan fingerprint density at radius 1 is 1.17 bits per heavy atom. The first-order valence-corrected chi connectivity index (χ1v) is 10.2. The van der Waals surface area contributed by atoms with Crippen molar-refractivity contribution in [1.82, 2.24) is 10.2 Å². The number of rotatable bonds is 5. The highest BCUT2D eigenvalue weighted by Gasteiger charge is 2.36. The molecule has 1 aliphatic heterocycles. The number of amides is 1. The SMILES string of the molecule is CCN1CCCCC1C(NC(=O)c1cccc(C(F)(F)F)c1Cl)c1ccccc1.Cl. The maximum Gasteiger partial charge on any atom is 0.417 e. The van der Waals surface area contributed by atoms with Crippen LogP contribution < -0.4 is 5.32 Å². The quantitative estimate of drug-likeness (QED) is 0.582. The molecule has 1 saturated heterocycles. The van der Waals surface area contributed by atoms with E-state index < -0.39 is 22.7 Å². The lowest BCUT2D eigenvalue weighted by Gasteiger charge is -2.40. The molecule has 2 aromatic carbocycles. The minimum Gasteiger partial charge on any atom is -0.344 e. The number of likely N-dealkylation sites (tertiary alicyclic amines) is 1. The van der Waals surface area contributed by atoms with Crippen molar-refractivity contribution >= 4 is 29.9 Å². The van der Waals surface area contributed by atoms with Gasteiger partial charge >= 0.3 is 6.18 Å². The van der Waals surface area contributed by atoms with Gasteiger partial charge in [-0.05, 0) is 43.6 Å². The molecule has 1 heterocycles. The number of benzene rings is 2. The van der Waals surface area contributed by atoms with Gasteiger partial charge in [-0.3, -0.25) is 9.69 Å².